The Balaban J connectivity index is 3.31. The van der Waals surface area contributed by atoms with Gasteiger partial charge in [-0.25, -0.2) is 4.98 Å². The number of anilines is 1. The highest BCUT2D eigenvalue weighted by Gasteiger charge is 2.34. The monoisotopic (exact) mass is 201 g/mol. The number of rotatable bonds is 1. The Morgan fingerprint density at radius 2 is 2.14 bits per heavy atom. The predicted octanol–water partition coefficient (Wildman–Crippen LogP) is 2.01. The SMILES string of the molecule is CNc1cnc(C#N)c(C(F)(F)F)c1. The molecule has 0 saturated carbocycles. The normalized spacial score (nSPS) is 10.8. The maximum atomic E-state index is 12.3. The van der Waals surface area contributed by atoms with Crippen molar-refractivity contribution in [1.29, 1.82) is 5.26 Å². The van der Waals surface area contributed by atoms with Gasteiger partial charge in [-0.05, 0) is 6.07 Å². The van der Waals surface area contributed by atoms with E-state index in [9.17, 15) is 13.2 Å². The van der Waals surface area contributed by atoms with Gasteiger partial charge in [-0.1, -0.05) is 0 Å². The van der Waals surface area contributed by atoms with E-state index in [-0.39, 0.29) is 5.69 Å². The summed E-state index contributed by atoms with van der Waals surface area (Å²) in [5, 5.41) is 10.9. The highest BCUT2D eigenvalue weighted by Crippen LogP contribution is 2.32. The summed E-state index contributed by atoms with van der Waals surface area (Å²) in [6.45, 7) is 0. The third-order valence-corrected chi connectivity index (χ3v) is 1.59. The molecule has 1 rings (SSSR count). The minimum Gasteiger partial charge on any atom is -0.387 e. The summed E-state index contributed by atoms with van der Waals surface area (Å²) >= 11 is 0. The molecule has 0 spiro atoms. The molecule has 6 heteroatoms. The van der Waals surface area contributed by atoms with Crippen LogP contribution in [0.15, 0.2) is 12.3 Å². The average molecular weight is 201 g/mol. The Bertz CT molecular complexity index is 378. The van der Waals surface area contributed by atoms with Gasteiger partial charge in [-0.3, -0.25) is 0 Å². The minimum absolute atomic E-state index is 0.219. The smallest absolute Gasteiger partial charge is 0.387 e. The molecule has 0 aliphatic carbocycles. The summed E-state index contributed by atoms with van der Waals surface area (Å²) in [4.78, 5) is 3.39. The Morgan fingerprint density at radius 3 is 2.57 bits per heavy atom. The van der Waals surface area contributed by atoms with Crippen LogP contribution in [0.25, 0.3) is 0 Å². The van der Waals surface area contributed by atoms with Gasteiger partial charge in [0.1, 0.15) is 6.07 Å². The average Bonchev–Trinajstić information content (AvgIpc) is 2.15. The highest BCUT2D eigenvalue weighted by atomic mass is 19.4. The van der Waals surface area contributed by atoms with E-state index in [1.165, 1.54) is 19.3 Å². The summed E-state index contributed by atoms with van der Waals surface area (Å²) < 4.78 is 37.0. The molecular weight excluding hydrogens is 195 g/mol. The van der Waals surface area contributed by atoms with Crippen molar-refractivity contribution in [2.24, 2.45) is 0 Å². The molecule has 0 aliphatic rings. The third-order valence-electron chi connectivity index (χ3n) is 1.59. The second-order valence-corrected chi connectivity index (χ2v) is 2.48. The van der Waals surface area contributed by atoms with Crippen LogP contribution in [0.5, 0.6) is 0 Å². The number of nitrogens with zero attached hydrogens (tertiary/aromatic N) is 2. The molecule has 0 atom stereocenters. The van der Waals surface area contributed by atoms with Crippen LogP contribution in [0.1, 0.15) is 11.3 Å². The van der Waals surface area contributed by atoms with Crippen LogP contribution >= 0.6 is 0 Å². The summed E-state index contributed by atoms with van der Waals surface area (Å²) in [6, 6.07) is 2.25. The van der Waals surface area contributed by atoms with Crippen molar-refractivity contribution in [2.75, 3.05) is 12.4 Å². The molecule has 0 bridgehead atoms. The van der Waals surface area contributed by atoms with Crippen molar-refractivity contribution in [3.63, 3.8) is 0 Å². The summed E-state index contributed by atoms with van der Waals surface area (Å²) in [7, 11) is 1.48. The van der Waals surface area contributed by atoms with Crippen molar-refractivity contribution in [3.8, 4) is 6.07 Å². The lowest BCUT2D eigenvalue weighted by molar-refractivity contribution is -0.138. The van der Waals surface area contributed by atoms with Gasteiger partial charge in [0, 0.05) is 7.05 Å². The first kappa shape index (κ1) is 10.3. The minimum atomic E-state index is -4.55. The van der Waals surface area contributed by atoms with Crippen molar-refractivity contribution < 1.29 is 13.2 Å². The number of halogens is 3. The van der Waals surface area contributed by atoms with Gasteiger partial charge in [0.15, 0.2) is 5.69 Å². The Labute approximate surface area is 78.2 Å². The van der Waals surface area contributed by atoms with E-state index < -0.39 is 17.4 Å². The molecule has 74 valence electrons. The molecule has 0 unspecified atom stereocenters. The molecule has 0 radical (unpaired) electrons. The van der Waals surface area contributed by atoms with Gasteiger partial charge in [-0.15, -0.1) is 0 Å². The fourth-order valence-electron chi connectivity index (χ4n) is 0.907. The number of nitriles is 1. The molecule has 1 aromatic heterocycles. The van der Waals surface area contributed by atoms with Crippen molar-refractivity contribution in [1.82, 2.24) is 4.98 Å². The van der Waals surface area contributed by atoms with Gasteiger partial charge in [-0.2, -0.15) is 18.4 Å². The van der Waals surface area contributed by atoms with E-state index in [1.54, 1.807) is 0 Å². The molecule has 0 saturated heterocycles. The molecule has 0 aromatic carbocycles. The third kappa shape index (κ3) is 1.93. The van der Waals surface area contributed by atoms with Crippen LogP contribution in [-0.2, 0) is 6.18 Å². The summed E-state index contributed by atoms with van der Waals surface area (Å²) in [6.07, 6.45) is -3.38. The maximum Gasteiger partial charge on any atom is 0.419 e. The molecule has 1 aromatic rings. The Hall–Kier alpha value is -1.77. The van der Waals surface area contributed by atoms with Gasteiger partial charge in [0.2, 0.25) is 0 Å². The molecular formula is C8H6F3N3. The van der Waals surface area contributed by atoms with Crippen LogP contribution in [0.3, 0.4) is 0 Å². The number of alkyl halides is 3. The topological polar surface area (TPSA) is 48.7 Å². The molecule has 1 heterocycles. The van der Waals surface area contributed by atoms with Gasteiger partial charge in [0.05, 0.1) is 17.4 Å². The van der Waals surface area contributed by atoms with Crippen molar-refractivity contribution in [2.45, 2.75) is 6.18 Å². The van der Waals surface area contributed by atoms with E-state index in [2.05, 4.69) is 10.3 Å². The number of pyridine rings is 1. The van der Waals surface area contributed by atoms with Crippen molar-refractivity contribution >= 4 is 5.69 Å². The lowest BCUT2D eigenvalue weighted by Gasteiger charge is -2.09. The van der Waals surface area contributed by atoms with Gasteiger partial charge >= 0.3 is 6.18 Å². The number of aromatic nitrogens is 1. The largest absolute Gasteiger partial charge is 0.419 e. The molecule has 0 amide bonds. The van der Waals surface area contributed by atoms with Gasteiger partial charge < -0.3 is 5.32 Å². The first-order valence-electron chi connectivity index (χ1n) is 3.64. The van der Waals surface area contributed by atoms with E-state index >= 15 is 0 Å². The lowest BCUT2D eigenvalue weighted by atomic mass is 10.2. The zero-order valence-corrected chi connectivity index (χ0v) is 7.18. The van der Waals surface area contributed by atoms with Crippen LogP contribution in [0, 0.1) is 11.3 Å². The van der Waals surface area contributed by atoms with Crippen LogP contribution < -0.4 is 5.32 Å². The number of hydrogen-bond donors (Lipinski definition) is 1. The molecule has 1 N–H and O–H groups in total. The summed E-state index contributed by atoms with van der Waals surface area (Å²) in [5.74, 6) is 0. The van der Waals surface area contributed by atoms with E-state index in [4.69, 9.17) is 5.26 Å². The van der Waals surface area contributed by atoms with Crippen molar-refractivity contribution in [3.05, 3.63) is 23.5 Å². The quantitative estimate of drug-likeness (QED) is 0.756. The van der Waals surface area contributed by atoms with E-state index in [0.29, 0.717) is 0 Å². The Kier molecular flexibility index (Phi) is 2.60. The molecule has 0 aliphatic heterocycles. The first-order valence-corrected chi connectivity index (χ1v) is 3.64. The maximum absolute atomic E-state index is 12.3. The standard InChI is InChI=1S/C8H6F3N3/c1-13-5-2-6(8(9,10)11)7(3-12)14-4-5/h2,4,13H,1H3. The number of nitrogens with one attached hydrogen (secondary N) is 1. The first-order chi connectivity index (χ1) is 6.49. The number of hydrogen-bond acceptors (Lipinski definition) is 3. The zero-order chi connectivity index (χ0) is 10.8. The Morgan fingerprint density at radius 1 is 1.50 bits per heavy atom. The predicted molar refractivity (Wildman–Crippen MR) is 43.5 cm³/mol. The lowest BCUT2D eigenvalue weighted by Crippen LogP contribution is -2.10. The molecule has 14 heavy (non-hydrogen) atoms. The van der Waals surface area contributed by atoms with Crippen LogP contribution in [-0.4, -0.2) is 12.0 Å². The van der Waals surface area contributed by atoms with Crippen LogP contribution in [0.4, 0.5) is 18.9 Å². The van der Waals surface area contributed by atoms with Crippen LogP contribution in [0.2, 0.25) is 0 Å². The van der Waals surface area contributed by atoms with E-state index in [0.717, 1.165) is 6.07 Å². The summed E-state index contributed by atoms with van der Waals surface area (Å²) in [5.41, 5.74) is -1.42. The second-order valence-electron chi connectivity index (χ2n) is 2.48. The van der Waals surface area contributed by atoms with Gasteiger partial charge in [0.25, 0.3) is 0 Å². The highest BCUT2D eigenvalue weighted by molar-refractivity contribution is 5.48. The fraction of sp³-hybridized carbons (Fsp3) is 0.250. The second kappa shape index (κ2) is 3.54. The van der Waals surface area contributed by atoms with E-state index in [1.807, 2.05) is 0 Å². The molecule has 3 nitrogen and oxygen atoms in total. The molecule has 0 fully saturated rings. The fourth-order valence-corrected chi connectivity index (χ4v) is 0.907. The zero-order valence-electron chi connectivity index (χ0n) is 7.18.